The largest absolute Gasteiger partial charge is 0.468 e. The van der Waals surface area contributed by atoms with Gasteiger partial charge in [-0.15, -0.1) is 0 Å². The Morgan fingerprint density at radius 1 is 1.44 bits per heavy atom. The molecule has 1 aliphatic heterocycles. The molecule has 1 aliphatic carbocycles. The third-order valence-corrected chi connectivity index (χ3v) is 3.78. The Labute approximate surface area is 96.6 Å². The second-order valence-corrected chi connectivity index (χ2v) is 5.34. The highest BCUT2D eigenvalue weighted by Crippen LogP contribution is 2.37. The number of carbonyl (C=O) groups excluding carboxylic acids is 1. The minimum atomic E-state index is -0.555. The first-order valence-corrected chi connectivity index (χ1v) is 6.08. The van der Waals surface area contributed by atoms with Gasteiger partial charge in [0.25, 0.3) is 0 Å². The predicted octanol–water partition coefficient (Wildman–Crippen LogP) is 0.785. The van der Waals surface area contributed by atoms with Crippen molar-refractivity contribution >= 4 is 5.97 Å². The van der Waals surface area contributed by atoms with E-state index in [0.717, 1.165) is 38.8 Å². The molecule has 4 heteroatoms. The number of methoxy groups -OCH3 is 1. The Balaban J connectivity index is 1.97. The molecule has 92 valence electrons. The summed E-state index contributed by atoms with van der Waals surface area (Å²) in [6, 6.07) is -0.0684. The average Bonchev–Trinajstić information content (AvgIpc) is 3.05. The Hall–Kier alpha value is -0.610. The van der Waals surface area contributed by atoms with Gasteiger partial charge in [0.05, 0.1) is 12.7 Å². The molecule has 0 aromatic rings. The van der Waals surface area contributed by atoms with E-state index in [0.29, 0.717) is 5.92 Å². The molecule has 0 bridgehead atoms. The first-order valence-electron chi connectivity index (χ1n) is 6.08. The van der Waals surface area contributed by atoms with Crippen LogP contribution in [0.5, 0.6) is 0 Å². The van der Waals surface area contributed by atoms with E-state index in [1.54, 1.807) is 0 Å². The Morgan fingerprint density at radius 2 is 2.00 bits per heavy atom. The van der Waals surface area contributed by atoms with Gasteiger partial charge in [-0.1, -0.05) is 0 Å². The lowest BCUT2D eigenvalue weighted by atomic mass is 9.92. The maximum atomic E-state index is 11.7. The van der Waals surface area contributed by atoms with Crippen LogP contribution in [0.4, 0.5) is 0 Å². The average molecular weight is 227 g/mol. The highest BCUT2D eigenvalue weighted by Gasteiger charge is 2.43. The molecule has 2 rings (SSSR count). The number of hydrogen-bond donors (Lipinski definition) is 1. The Bertz CT molecular complexity index is 263. The molecule has 16 heavy (non-hydrogen) atoms. The molecular weight excluding hydrogens is 206 g/mol. The normalized spacial score (nSPS) is 27.4. The summed E-state index contributed by atoms with van der Waals surface area (Å²) in [7, 11) is 1.46. The molecule has 4 nitrogen and oxygen atoms in total. The molecule has 1 N–H and O–H groups in total. The zero-order valence-corrected chi connectivity index (χ0v) is 10.1. The van der Waals surface area contributed by atoms with Crippen LogP contribution in [-0.4, -0.2) is 47.8 Å². The maximum Gasteiger partial charge on any atom is 0.323 e. The number of esters is 1. The first-order chi connectivity index (χ1) is 7.53. The molecule has 0 radical (unpaired) electrons. The number of nitrogens with zero attached hydrogens (tertiary/aromatic N) is 1. The monoisotopic (exact) mass is 227 g/mol. The molecule has 2 fully saturated rings. The quantitative estimate of drug-likeness (QED) is 0.724. The lowest BCUT2D eigenvalue weighted by Crippen LogP contribution is -2.51. The summed E-state index contributed by atoms with van der Waals surface area (Å²) in [5, 5.41) is 9.88. The third-order valence-electron chi connectivity index (χ3n) is 3.78. The van der Waals surface area contributed by atoms with Crippen molar-refractivity contribution in [2.45, 2.75) is 44.2 Å². The van der Waals surface area contributed by atoms with Crippen molar-refractivity contribution in [1.82, 2.24) is 4.90 Å². The Kier molecular flexibility index (Phi) is 3.22. The van der Waals surface area contributed by atoms with Crippen molar-refractivity contribution in [2.24, 2.45) is 5.92 Å². The number of piperidine rings is 1. The van der Waals surface area contributed by atoms with Gasteiger partial charge in [0.15, 0.2) is 0 Å². The molecule has 1 heterocycles. The van der Waals surface area contributed by atoms with Gasteiger partial charge in [0, 0.05) is 13.1 Å². The third kappa shape index (κ3) is 2.55. The molecule has 0 aromatic heterocycles. The molecule has 2 aliphatic rings. The fourth-order valence-corrected chi connectivity index (χ4v) is 2.46. The van der Waals surface area contributed by atoms with Crippen molar-refractivity contribution in [1.29, 1.82) is 0 Å². The number of hydrogen-bond acceptors (Lipinski definition) is 4. The van der Waals surface area contributed by atoms with Crippen LogP contribution in [0, 0.1) is 5.92 Å². The molecule has 1 unspecified atom stereocenters. The summed E-state index contributed by atoms with van der Waals surface area (Å²) in [6.07, 6.45) is 3.75. The topological polar surface area (TPSA) is 49.8 Å². The fraction of sp³-hybridized carbons (Fsp3) is 0.917. The minimum absolute atomic E-state index is 0.0684. The van der Waals surface area contributed by atoms with E-state index >= 15 is 0 Å². The van der Waals surface area contributed by atoms with Crippen LogP contribution in [0.2, 0.25) is 0 Å². The summed E-state index contributed by atoms with van der Waals surface area (Å²) >= 11 is 0. The molecule has 0 spiro atoms. The van der Waals surface area contributed by atoms with Crippen LogP contribution < -0.4 is 0 Å². The molecule has 0 amide bonds. The fourth-order valence-electron chi connectivity index (χ4n) is 2.46. The van der Waals surface area contributed by atoms with Crippen LogP contribution in [0.3, 0.4) is 0 Å². The highest BCUT2D eigenvalue weighted by atomic mass is 16.5. The molecule has 1 saturated heterocycles. The summed E-state index contributed by atoms with van der Waals surface area (Å²) in [6.45, 7) is 3.46. The van der Waals surface area contributed by atoms with Gasteiger partial charge in [0.2, 0.25) is 0 Å². The van der Waals surface area contributed by atoms with E-state index in [1.807, 2.05) is 6.92 Å². The zero-order chi connectivity index (χ0) is 11.8. The number of rotatable bonds is 3. The van der Waals surface area contributed by atoms with Gasteiger partial charge in [0.1, 0.15) is 6.04 Å². The van der Waals surface area contributed by atoms with Gasteiger partial charge >= 0.3 is 5.97 Å². The molecule has 0 aromatic carbocycles. The van der Waals surface area contributed by atoms with Crippen molar-refractivity contribution < 1.29 is 14.6 Å². The lowest BCUT2D eigenvalue weighted by molar-refractivity contribution is -0.149. The van der Waals surface area contributed by atoms with Crippen LogP contribution in [0.1, 0.15) is 32.6 Å². The number of aliphatic hydroxyl groups is 1. The van der Waals surface area contributed by atoms with Gasteiger partial charge in [-0.3, -0.25) is 9.69 Å². The number of ether oxygens (including phenoxy) is 1. The number of carbonyl (C=O) groups is 1. The van der Waals surface area contributed by atoms with Gasteiger partial charge < -0.3 is 9.84 Å². The van der Waals surface area contributed by atoms with Gasteiger partial charge in [-0.05, 0) is 38.5 Å². The van der Waals surface area contributed by atoms with E-state index in [1.165, 1.54) is 7.11 Å². The lowest BCUT2D eigenvalue weighted by Gasteiger charge is -2.39. The maximum absolute atomic E-state index is 11.7. The molecule has 1 atom stereocenters. The summed E-state index contributed by atoms with van der Waals surface area (Å²) in [5.41, 5.74) is -0.555. The summed E-state index contributed by atoms with van der Waals surface area (Å²) in [4.78, 5) is 13.9. The van der Waals surface area contributed by atoms with Crippen LogP contribution in [-0.2, 0) is 9.53 Å². The molecule has 1 saturated carbocycles. The highest BCUT2D eigenvalue weighted by molar-refractivity contribution is 5.76. The predicted molar refractivity (Wildman–Crippen MR) is 60.0 cm³/mol. The minimum Gasteiger partial charge on any atom is -0.468 e. The summed E-state index contributed by atoms with van der Waals surface area (Å²) in [5.74, 6) is 0.375. The van der Waals surface area contributed by atoms with Gasteiger partial charge in [-0.2, -0.15) is 0 Å². The van der Waals surface area contributed by atoms with E-state index in [9.17, 15) is 9.90 Å². The van der Waals surface area contributed by atoms with E-state index in [2.05, 4.69) is 4.90 Å². The zero-order valence-electron chi connectivity index (χ0n) is 10.1. The molecular formula is C12H21NO3. The number of likely N-dealkylation sites (tertiary alicyclic amines) is 1. The van der Waals surface area contributed by atoms with Gasteiger partial charge in [-0.25, -0.2) is 0 Å². The SMILES string of the molecule is COC(=O)C(C1CC1)N1CCC(C)(O)CC1. The van der Waals surface area contributed by atoms with Crippen molar-refractivity contribution in [3.63, 3.8) is 0 Å². The second-order valence-electron chi connectivity index (χ2n) is 5.34. The summed E-state index contributed by atoms with van der Waals surface area (Å²) < 4.78 is 4.88. The van der Waals surface area contributed by atoms with E-state index in [-0.39, 0.29) is 12.0 Å². The smallest absolute Gasteiger partial charge is 0.323 e. The standard InChI is InChI=1S/C12H21NO3/c1-12(15)5-7-13(8-6-12)10(9-3-4-9)11(14)16-2/h9-10,15H,3-8H2,1-2H3. The van der Waals surface area contributed by atoms with Crippen molar-refractivity contribution in [3.05, 3.63) is 0 Å². The Morgan fingerprint density at radius 3 is 2.44 bits per heavy atom. The van der Waals surface area contributed by atoms with Crippen molar-refractivity contribution in [3.8, 4) is 0 Å². The van der Waals surface area contributed by atoms with E-state index in [4.69, 9.17) is 4.74 Å². The first kappa shape index (κ1) is 11.9. The van der Waals surface area contributed by atoms with Crippen molar-refractivity contribution in [2.75, 3.05) is 20.2 Å². The second kappa shape index (κ2) is 4.34. The van der Waals surface area contributed by atoms with Crippen LogP contribution in [0.25, 0.3) is 0 Å². The van der Waals surface area contributed by atoms with E-state index < -0.39 is 5.60 Å². The van der Waals surface area contributed by atoms with Crippen LogP contribution in [0.15, 0.2) is 0 Å². The van der Waals surface area contributed by atoms with Crippen LogP contribution >= 0.6 is 0 Å².